The molecular formula is C13H18N2O4. The molecule has 0 spiro atoms. The summed E-state index contributed by atoms with van der Waals surface area (Å²) in [7, 11) is 0. The van der Waals surface area contributed by atoms with Crippen molar-refractivity contribution in [2.75, 3.05) is 0 Å². The van der Waals surface area contributed by atoms with E-state index in [2.05, 4.69) is 10.1 Å². The third-order valence-corrected chi connectivity index (χ3v) is 3.89. The molecule has 1 N–H and O–H groups in total. The molecule has 0 atom stereocenters. The minimum Gasteiger partial charge on any atom is -0.481 e. The molecule has 0 saturated heterocycles. The average Bonchev–Trinajstić information content (AvgIpc) is 3.16. The monoisotopic (exact) mass is 266 g/mol. The molecule has 2 saturated carbocycles. The van der Waals surface area contributed by atoms with Crippen molar-refractivity contribution in [1.82, 2.24) is 10.1 Å². The first-order chi connectivity index (χ1) is 9.22. The molecule has 2 aliphatic carbocycles. The molecule has 104 valence electrons. The van der Waals surface area contributed by atoms with Gasteiger partial charge < -0.3 is 14.4 Å². The molecule has 0 bridgehead atoms. The lowest BCUT2D eigenvalue weighted by atomic mass is 9.87. The summed E-state index contributed by atoms with van der Waals surface area (Å²) >= 11 is 0. The van der Waals surface area contributed by atoms with Crippen molar-refractivity contribution < 1.29 is 19.2 Å². The first-order valence-electron chi connectivity index (χ1n) is 6.89. The molecule has 6 nitrogen and oxygen atoms in total. The summed E-state index contributed by atoms with van der Waals surface area (Å²) in [5.41, 5.74) is 0. The van der Waals surface area contributed by atoms with E-state index in [1.165, 1.54) is 0 Å². The molecule has 0 amide bonds. The zero-order valence-corrected chi connectivity index (χ0v) is 10.7. The summed E-state index contributed by atoms with van der Waals surface area (Å²) in [6, 6.07) is 0. The molecular weight excluding hydrogens is 248 g/mol. The van der Waals surface area contributed by atoms with Gasteiger partial charge >= 0.3 is 5.97 Å². The number of ether oxygens (including phenoxy) is 1. The van der Waals surface area contributed by atoms with E-state index in [-0.39, 0.29) is 12.0 Å². The Morgan fingerprint density at radius 1 is 1.26 bits per heavy atom. The Labute approximate surface area is 111 Å². The van der Waals surface area contributed by atoms with Crippen molar-refractivity contribution in [3.05, 3.63) is 11.7 Å². The van der Waals surface area contributed by atoms with Gasteiger partial charge in [-0.25, -0.2) is 0 Å². The van der Waals surface area contributed by atoms with Gasteiger partial charge in [0.2, 0.25) is 0 Å². The van der Waals surface area contributed by atoms with E-state index in [4.69, 9.17) is 14.4 Å². The van der Waals surface area contributed by atoms with Gasteiger partial charge in [-0.15, -0.1) is 0 Å². The van der Waals surface area contributed by atoms with Crippen molar-refractivity contribution in [2.45, 2.75) is 57.2 Å². The van der Waals surface area contributed by atoms with Crippen LogP contribution in [0, 0.1) is 5.92 Å². The van der Waals surface area contributed by atoms with Crippen molar-refractivity contribution in [3.8, 4) is 0 Å². The van der Waals surface area contributed by atoms with Crippen molar-refractivity contribution in [2.24, 2.45) is 5.92 Å². The Morgan fingerprint density at radius 3 is 2.63 bits per heavy atom. The fourth-order valence-electron chi connectivity index (χ4n) is 2.50. The molecule has 2 aliphatic rings. The Hall–Kier alpha value is -1.43. The SMILES string of the molecule is O=C(O)C1CCC(OCc2nc(C3CC3)no2)CC1. The number of carboxylic acid groups (broad SMARTS) is 1. The van der Waals surface area contributed by atoms with E-state index in [1.54, 1.807) is 0 Å². The van der Waals surface area contributed by atoms with Gasteiger partial charge in [0, 0.05) is 5.92 Å². The van der Waals surface area contributed by atoms with Crippen molar-refractivity contribution >= 4 is 5.97 Å². The Bertz CT molecular complexity index is 447. The van der Waals surface area contributed by atoms with Crippen LogP contribution in [0.5, 0.6) is 0 Å². The third kappa shape index (κ3) is 3.12. The van der Waals surface area contributed by atoms with Gasteiger partial charge in [-0.05, 0) is 38.5 Å². The molecule has 3 rings (SSSR count). The predicted molar refractivity (Wildman–Crippen MR) is 64.4 cm³/mol. The van der Waals surface area contributed by atoms with E-state index in [9.17, 15) is 4.79 Å². The molecule has 6 heteroatoms. The van der Waals surface area contributed by atoms with Crippen LogP contribution in [0.4, 0.5) is 0 Å². The fourth-order valence-corrected chi connectivity index (χ4v) is 2.50. The summed E-state index contributed by atoms with van der Waals surface area (Å²) in [5, 5.41) is 12.9. The second kappa shape index (κ2) is 5.28. The van der Waals surface area contributed by atoms with Gasteiger partial charge in [0.25, 0.3) is 5.89 Å². The topological polar surface area (TPSA) is 85.5 Å². The molecule has 0 unspecified atom stereocenters. The largest absolute Gasteiger partial charge is 0.481 e. The van der Waals surface area contributed by atoms with Gasteiger partial charge in [-0.2, -0.15) is 4.98 Å². The second-order valence-electron chi connectivity index (χ2n) is 5.44. The third-order valence-electron chi connectivity index (χ3n) is 3.89. The highest BCUT2D eigenvalue weighted by atomic mass is 16.5. The zero-order chi connectivity index (χ0) is 13.2. The predicted octanol–water partition coefficient (Wildman–Crippen LogP) is 2.11. The minimum atomic E-state index is -0.690. The number of hydrogen-bond acceptors (Lipinski definition) is 5. The minimum absolute atomic E-state index is 0.117. The highest BCUT2D eigenvalue weighted by Crippen LogP contribution is 2.38. The van der Waals surface area contributed by atoms with Gasteiger partial charge in [-0.3, -0.25) is 4.79 Å². The highest BCUT2D eigenvalue weighted by Gasteiger charge is 2.29. The first-order valence-corrected chi connectivity index (χ1v) is 6.89. The van der Waals surface area contributed by atoms with Crippen molar-refractivity contribution in [3.63, 3.8) is 0 Å². The van der Waals surface area contributed by atoms with Crippen LogP contribution in [0.2, 0.25) is 0 Å². The number of hydrogen-bond donors (Lipinski definition) is 1. The lowest BCUT2D eigenvalue weighted by Crippen LogP contribution is -2.25. The zero-order valence-electron chi connectivity index (χ0n) is 10.7. The summed E-state index contributed by atoms with van der Waals surface area (Å²) in [4.78, 5) is 15.1. The van der Waals surface area contributed by atoms with E-state index in [0.717, 1.165) is 31.5 Å². The quantitative estimate of drug-likeness (QED) is 0.878. The normalized spacial score (nSPS) is 27.4. The Kier molecular flexibility index (Phi) is 3.50. The molecule has 1 aromatic heterocycles. The number of rotatable bonds is 5. The average molecular weight is 266 g/mol. The maximum atomic E-state index is 10.8. The first kappa shape index (κ1) is 12.6. The molecule has 1 heterocycles. The van der Waals surface area contributed by atoms with Crippen LogP contribution in [-0.2, 0) is 16.1 Å². The van der Waals surface area contributed by atoms with Crippen LogP contribution in [0.1, 0.15) is 56.2 Å². The van der Waals surface area contributed by atoms with Gasteiger partial charge in [-0.1, -0.05) is 5.16 Å². The maximum Gasteiger partial charge on any atom is 0.306 e. The fraction of sp³-hybridized carbons (Fsp3) is 0.769. The molecule has 1 aromatic rings. The second-order valence-corrected chi connectivity index (χ2v) is 5.44. The van der Waals surface area contributed by atoms with E-state index < -0.39 is 5.97 Å². The van der Waals surface area contributed by atoms with Crippen LogP contribution in [0.25, 0.3) is 0 Å². The summed E-state index contributed by atoms with van der Waals surface area (Å²) < 4.78 is 10.9. The molecule has 19 heavy (non-hydrogen) atoms. The molecule has 0 radical (unpaired) electrons. The number of nitrogens with zero attached hydrogens (tertiary/aromatic N) is 2. The maximum absolute atomic E-state index is 10.8. The van der Waals surface area contributed by atoms with E-state index >= 15 is 0 Å². The number of carbonyl (C=O) groups is 1. The Balaban J connectivity index is 1.43. The highest BCUT2D eigenvalue weighted by molar-refractivity contribution is 5.70. The lowest BCUT2D eigenvalue weighted by Gasteiger charge is -2.25. The number of aliphatic carboxylic acids is 1. The molecule has 0 aromatic carbocycles. The summed E-state index contributed by atoms with van der Waals surface area (Å²) in [6.45, 7) is 0.335. The smallest absolute Gasteiger partial charge is 0.306 e. The molecule has 2 fully saturated rings. The van der Waals surface area contributed by atoms with Crippen LogP contribution in [-0.4, -0.2) is 27.3 Å². The number of carboxylic acids is 1. The van der Waals surface area contributed by atoms with Gasteiger partial charge in [0.05, 0.1) is 12.0 Å². The van der Waals surface area contributed by atoms with E-state index in [0.29, 0.717) is 31.3 Å². The van der Waals surface area contributed by atoms with Crippen LogP contribution in [0.15, 0.2) is 4.52 Å². The van der Waals surface area contributed by atoms with Crippen LogP contribution >= 0.6 is 0 Å². The van der Waals surface area contributed by atoms with Crippen molar-refractivity contribution in [1.29, 1.82) is 0 Å². The summed E-state index contributed by atoms with van der Waals surface area (Å²) in [6.07, 6.45) is 5.39. The van der Waals surface area contributed by atoms with Gasteiger partial charge in [0.15, 0.2) is 5.82 Å². The molecule has 0 aliphatic heterocycles. The standard InChI is InChI=1S/C13H18N2O4/c16-13(17)9-3-5-10(6-4-9)18-7-11-14-12(15-19-11)8-1-2-8/h8-10H,1-7H2,(H,16,17). The van der Waals surface area contributed by atoms with Crippen LogP contribution < -0.4 is 0 Å². The van der Waals surface area contributed by atoms with Crippen LogP contribution in [0.3, 0.4) is 0 Å². The lowest BCUT2D eigenvalue weighted by molar-refractivity contribution is -0.144. The number of aromatic nitrogens is 2. The Morgan fingerprint density at radius 2 is 2.00 bits per heavy atom. The van der Waals surface area contributed by atoms with Gasteiger partial charge in [0.1, 0.15) is 6.61 Å². The summed E-state index contributed by atoms with van der Waals surface area (Å²) in [5.74, 6) is 0.924. The van der Waals surface area contributed by atoms with E-state index in [1.807, 2.05) is 0 Å².